The summed E-state index contributed by atoms with van der Waals surface area (Å²) in [4.78, 5) is 0. The number of rotatable bonds is 3. The Kier molecular flexibility index (Phi) is 4.74. The number of hydrogen-bond acceptors (Lipinski definition) is 2. The third-order valence-electron chi connectivity index (χ3n) is 0.453. The average molecular weight is 98.1 g/mol. The van der Waals surface area contributed by atoms with E-state index >= 15 is 0 Å². The van der Waals surface area contributed by atoms with Crippen molar-refractivity contribution in [2.75, 3.05) is 6.54 Å². The summed E-state index contributed by atoms with van der Waals surface area (Å²) in [5.74, 6) is 0. The monoisotopic (exact) mass is 98.1 g/mol. The molecule has 0 aliphatic rings. The minimum Gasteiger partial charge on any atom is -0.321 e. The van der Waals surface area contributed by atoms with Crippen LogP contribution in [-0.2, 0) is 0 Å². The van der Waals surface area contributed by atoms with Crippen molar-refractivity contribution in [3.8, 4) is 0 Å². The summed E-state index contributed by atoms with van der Waals surface area (Å²) in [6.45, 7) is 6.25. The van der Waals surface area contributed by atoms with Gasteiger partial charge in [0.2, 0.25) is 0 Å². The predicted octanol–water partition coefficient (Wildman–Crippen LogP) is 0.399. The molecule has 0 aliphatic heterocycles. The van der Waals surface area contributed by atoms with Crippen molar-refractivity contribution in [2.24, 2.45) is 0 Å². The summed E-state index contributed by atoms with van der Waals surface area (Å²) in [7, 11) is 0. The third kappa shape index (κ3) is 5.28. The highest BCUT2D eigenvalue weighted by Crippen LogP contribution is 1.48. The Hall–Kier alpha value is -0.720. The molecule has 0 rings (SSSR count). The first-order valence-corrected chi connectivity index (χ1v) is 2.24. The van der Waals surface area contributed by atoms with Gasteiger partial charge in [-0.05, 0) is 0 Å². The Morgan fingerprint density at radius 1 is 1.86 bits per heavy atom. The van der Waals surface area contributed by atoms with Crippen LogP contribution in [0.3, 0.4) is 0 Å². The van der Waals surface area contributed by atoms with Gasteiger partial charge in [-0.2, -0.15) is 0 Å². The Balaban J connectivity index is 2.83. The summed E-state index contributed by atoms with van der Waals surface area (Å²) in [6, 6.07) is 0. The minimum atomic E-state index is 0.901. The first-order valence-electron chi connectivity index (χ1n) is 2.24. The SMILES string of the molecule is C=C=CNNCC. The maximum absolute atomic E-state index is 3.35. The van der Waals surface area contributed by atoms with Gasteiger partial charge in [-0.25, -0.2) is 5.43 Å². The molecule has 0 amide bonds. The van der Waals surface area contributed by atoms with Crippen LogP contribution in [0, 0.1) is 0 Å². The van der Waals surface area contributed by atoms with Crippen molar-refractivity contribution in [3.63, 3.8) is 0 Å². The predicted molar refractivity (Wildman–Crippen MR) is 30.5 cm³/mol. The molecule has 0 saturated carbocycles. The molecule has 0 atom stereocenters. The van der Waals surface area contributed by atoms with Crippen LogP contribution in [0.1, 0.15) is 6.92 Å². The lowest BCUT2D eigenvalue weighted by Gasteiger charge is -1.93. The number of hydrogen-bond donors (Lipinski definition) is 2. The molecule has 2 N–H and O–H groups in total. The summed E-state index contributed by atoms with van der Waals surface area (Å²) in [6.07, 6.45) is 1.61. The van der Waals surface area contributed by atoms with Crippen LogP contribution >= 0.6 is 0 Å². The minimum absolute atomic E-state index is 0.901. The van der Waals surface area contributed by atoms with Crippen LogP contribution in [0.5, 0.6) is 0 Å². The van der Waals surface area contributed by atoms with Crippen LogP contribution in [0.4, 0.5) is 0 Å². The van der Waals surface area contributed by atoms with E-state index in [0.717, 1.165) is 6.54 Å². The maximum Gasteiger partial charge on any atom is 0.0538 e. The maximum atomic E-state index is 3.35. The molecule has 0 aromatic carbocycles. The largest absolute Gasteiger partial charge is 0.321 e. The molecular formula is C5H10N2. The Bertz CT molecular complexity index is 72.1. The van der Waals surface area contributed by atoms with E-state index in [2.05, 4.69) is 23.2 Å². The Morgan fingerprint density at radius 3 is 3.00 bits per heavy atom. The fourth-order valence-corrected chi connectivity index (χ4v) is 0.204. The van der Waals surface area contributed by atoms with E-state index < -0.39 is 0 Å². The Labute approximate surface area is 43.9 Å². The second-order valence-corrected chi connectivity index (χ2v) is 1.02. The van der Waals surface area contributed by atoms with Crippen LogP contribution in [0.2, 0.25) is 0 Å². The van der Waals surface area contributed by atoms with Gasteiger partial charge < -0.3 is 5.43 Å². The van der Waals surface area contributed by atoms with Gasteiger partial charge in [0.15, 0.2) is 0 Å². The molecule has 0 fully saturated rings. The topological polar surface area (TPSA) is 24.1 Å². The molecule has 0 saturated heterocycles. The average Bonchev–Trinajstić information content (AvgIpc) is 1.69. The third-order valence-corrected chi connectivity index (χ3v) is 0.453. The van der Waals surface area contributed by atoms with E-state index in [9.17, 15) is 0 Å². The normalized spacial score (nSPS) is 7.00. The number of hydrazine groups is 1. The molecule has 0 bridgehead atoms. The fraction of sp³-hybridized carbons (Fsp3) is 0.400. The van der Waals surface area contributed by atoms with Gasteiger partial charge >= 0.3 is 0 Å². The van der Waals surface area contributed by atoms with Crippen LogP contribution in [0.25, 0.3) is 0 Å². The molecule has 0 radical (unpaired) electrons. The lowest BCUT2D eigenvalue weighted by molar-refractivity contribution is 0.656. The molecule has 0 spiro atoms. The zero-order valence-electron chi connectivity index (χ0n) is 4.49. The zero-order chi connectivity index (χ0) is 5.54. The van der Waals surface area contributed by atoms with Gasteiger partial charge in [0.25, 0.3) is 0 Å². The Morgan fingerprint density at radius 2 is 2.57 bits per heavy atom. The van der Waals surface area contributed by atoms with E-state index in [-0.39, 0.29) is 0 Å². The van der Waals surface area contributed by atoms with Crippen molar-refractivity contribution in [1.82, 2.24) is 10.9 Å². The van der Waals surface area contributed by atoms with Crippen molar-refractivity contribution < 1.29 is 0 Å². The van der Waals surface area contributed by atoms with E-state index in [1.807, 2.05) is 6.92 Å². The van der Waals surface area contributed by atoms with Crippen LogP contribution < -0.4 is 10.9 Å². The van der Waals surface area contributed by atoms with Gasteiger partial charge in [-0.1, -0.05) is 13.5 Å². The molecule has 0 unspecified atom stereocenters. The van der Waals surface area contributed by atoms with Crippen molar-refractivity contribution in [1.29, 1.82) is 0 Å². The molecule has 0 aromatic heterocycles. The summed E-state index contributed by atoms with van der Waals surface area (Å²) in [5, 5.41) is 0. The summed E-state index contributed by atoms with van der Waals surface area (Å²) in [5.41, 5.74) is 8.13. The van der Waals surface area contributed by atoms with Gasteiger partial charge in [0, 0.05) is 6.54 Å². The number of nitrogens with one attached hydrogen (secondary N) is 2. The standard InChI is InChI=1S/C5H10N2/c1-3-5-7-6-4-2/h5-7H,1,4H2,2H3. The van der Waals surface area contributed by atoms with Gasteiger partial charge in [-0.15, -0.1) is 5.73 Å². The molecule has 0 heterocycles. The second-order valence-electron chi connectivity index (χ2n) is 1.02. The molecule has 2 nitrogen and oxygen atoms in total. The van der Waals surface area contributed by atoms with Gasteiger partial charge in [-0.3, -0.25) is 0 Å². The van der Waals surface area contributed by atoms with Crippen molar-refractivity contribution in [2.45, 2.75) is 6.92 Å². The zero-order valence-corrected chi connectivity index (χ0v) is 4.49. The fourth-order valence-electron chi connectivity index (χ4n) is 0.204. The van der Waals surface area contributed by atoms with Gasteiger partial charge in [0.05, 0.1) is 6.20 Å². The molecule has 40 valence electrons. The van der Waals surface area contributed by atoms with Gasteiger partial charge in [0.1, 0.15) is 0 Å². The highest BCUT2D eigenvalue weighted by atomic mass is 15.3. The lowest BCUT2D eigenvalue weighted by Crippen LogP contribution is -2.25. The van der Waals surface area contributed by atoms with E-state index in [1.54, 1.807) is 6.20 Å². The second kappa shape index (κ2) is 5.28. The molecule has 0 aliphatic carbocycles. The highest BCUT2D eigenvalue weighted by molar-refractivity contribution is 4.69. The molecule has 2 heteroatoms. The van der Waals surface area contributed by atoms with E-state index in [0.29, 0.717) is 0 Å². The highest BCUT2D eigenvalue weighted by Gasteiger charge is 1.63. The smallest absolute Gasteiger partial charge is 0.0538 e. The molecule has 7 heavy (non-hydrogen) atoms. The lowest BCUT2D eigenvalue weighted by atomic mass is 10.8. The quantitative estimate of drug-likeness (QED) is 0.303. The van der Waals surface area contributed by atoms with Crippen molar-refractivity contribution in [3.05, 3.63) is 18.5 Å². The molecular weight excluding hydrogens is 88.1 g/mol. The van der Waals surface area contributed by atoms with Crippen LogP contribution in [-0.4, -0.2) is 6.54 Å². The first-order chi connectivity index (χ1) is 3.41. The van der Waals surface area contributed by atoms with Crippen molar-refractivity contribution >= 4 is 0 Å². The van der Waals surface area contributed by atoms with Crippen LogP contribution in [0.15, 0.2) is 18.5 Å². The molecule has 0 aromatic rings. The first kappa shape index (κ1) is 6.28. The van der Waals surface area contributed by atoms with E-state index in [1.165, 1.54) is 0 Å². The summed E-state index contributed by atoms with van der Waals surface area (Å²) < 4.78 is 0. The summed E-state index contributed by atoms with van der Waals surface area (Å²) >= 11 is 0. The van der Waals surface area contributed by atoms with E-state index in [4.69, 9.17) is 0 Å².